The van der Waals surface area contributed by atoms with Crippen LogP contribution < -0.4 is 14.3 Å². The Balaban J connectivity index is 1.98. The fourth-order valence-corrected chi connectivity index (χ4v) is 4.25. The molecule has 3 N–H and O–H groups in total. The van der Waals surface area contributed by atoms with Gasteiger partial charge in [-0.25, -0.2) is 13.4 Å². The molecule has 1 amide bonds. The number of benzene rings is 1. The number of hydrogen-bond acceptors (Lipinski definition) is 5. The van der Waals surface area contributed by atoms with Crippen LogP contribution in [0.1, 0.15) is 31.7 Å². The van der Waals surface area contributed by atoms with Gasteiger partial charge in [-0.15, -0.1) is 0 Å². The normalized spacial score (nSPS) is 22.2. The molecule has 0 aliphatic carbocycles. The Morgan fingerprint density at radius 2 is 2.16 bits per heavy atom. The smallest absolute Gasteiger partial charge is 0.326 e. The molecule has 1 saturated heterocycles. The summed E-state index contributed by atoms with van der Waals surface area (Å²) in [6.07, 6.45) is 4.97. The quantitative estimate of drug-likeness (QED) is 0.726. The van der Waals surface area contributed by atoms with Gasteiger partial charge in [0, 0.05) is 18.2 Å². The van der Waals surface area contributed by atoms with Gasteiger partial charge < -0.3 is 10.4 Å². The van der Waals surface area contributed by atoms with E-state index >= 15 is 4.39 Å². The lowest BCUT2D eigenvalue weighted by atomic mass is 10.0. The summed E-state index contributed by atoms with van der Waals surface area (Å²) in [5, 5.41) is 13.3. The van der Waals surface area contributed by atoms with Crippen LogP contribution in [0.25, 0.3) is 5.57 Å². The predicted octanol–water partition coefficient (Wildman–Crippen LogP) is 1.26. The summed E-state index contributed by atoms with van der Waals surface area (Å²) in [5.41, 5.74) is 0.415. The van der Waals surface area contributed by atoms with E-state index in [2.05, 4.69) is 12.2 Å². The summed E-state index contributed by atoms with van der Waals surface area (Å²) in [6, 6.07) is 2.80. The van der Waals surface area contributed by atoms with Gasteiger partial charge in [0.25, 0.3) is 5.91 Å². The van der Waals surface area contributed by atoms with Crippen molar-refractivity contribution in [3.63, 3.8) is 0 Å². The first kappa shape index (κ1) is 17.7. The summed E-state index contributed by atoms with van der Waals surface area (Å²) in [5.74, 6) is -2.16. The fraction of sp³-hybridized carbons (Fsp3) is 0.438. The molecule has 7 nitrogen and oxygen atoms in total. The van der Waals surface area contributed by atoms with Crippen molar-refractivity contribution in [3.8, 4) is 5.75 Å². The number of halogens is 1. The Kier molecular flexibility index (Phi) is 4.70. The first-order valence-corrected chi connectivity index (χ1v) is 9.56. The average molecular weight is 369 g/mol. The topological polar surface area (TPSA) is 98.7 Å². The lowest BCUT2D eigenvalue weighted by Crippen LogP contribution is -2.30. The second kappa shape index (κ2) is 6.64. The lowest BCUT2D eigenvalue weighted by Gasteiger charge is -2.18. The minimum atomic E-state index is -4.20. The zero-order valence-electron chi connectivity index (χ0n) is 13.8. The van der Waals surface area contributed by atoms with E-state index in [0.717, 1.165) is 19.3 Å². The maximum Gasteiger partial charge on any atom is 0.326 e. The molecule has 2 heterocycles. The third-order valence-electron chi connectivity index (χ3n) is 4.34. The molecule has 1 fully saturated rings. The van der Waals surface area contributed by atoms with Gasteiger partial charge in [0.05, 0.1) is 0 Å². The number of anilines is 1. The predicted molar refractivity (Wildman–Crippen MR) is 91.8 cm³/mol. The van der Waals surface area contributed by atoms with Gasteiger partial charge in [0.1, 0.15) is 18.0 Å². The first-order valence-electron chi connectivity index (χ1n) is 8.12. The average Bonchev–Trinajstić information content (AvgIpc) is 3.09. The van der Waals surface area contributed by atoms with Crippen LogP contribution in [0.2, 0.25) is 0 Å². The van der Waals surface area contributed by atoms with Crippen LogP contribution in [0, 0.1) is 5.82 Å². The van der Waals surface area contributed by atoms with Crippen LogP contribution in [0.4, 0.5) is 10.1 Å². The number of rotatable bonds is 5. The monoisotopic (exact) mass is 369 g/mol. The number of amides is 1. The second-order valence-electron chi connectivity index (χ2n) is 6.15. The van der Waals surface area contributed by atoms with Gasteiger partial charge in [-0.2, -0.15) is 8.42 Å². The van der Waals surface area contributed by atoms with Gasteiger partial charge in [-0.05, 0) is 24.1 Å². The number of unbranched alkanes of at least 4 members (excludes halogenated alkanes) is 1. The highest BCUT2D eigenvalue weighted by Gasteiger charge is 2.38. The number of carbonyl (C=O) groups is 1. The highest BCUT2D eigenvalue weighted by atomic mass is 32.2. The maximum absolute atomic E-state index is 15.0. The van der Waals surface area contributed by atoms with Crippen LogP contribution >= 0.6 is 0 Å². The Bertz CT molecular complexity index is 838. The standard InChI is InChI=1S/C16H20FN3O4S/c1-2-3-4-11-7-10(8-18-11)12-5-6-13(21)16(15(12)17)20-9-14(22)19-25(20,23)24/h5-7,11,18,21H,2-4,8-9H2,1H3,(H,19,22)/t11-/m0/s1. The number of nitrogens with zero attached hydrogens (tertiary/aromatic N) is 1. The summed E-state index contributed by atoms with van der Waals surface area (Å²) in [4.78, 5) is 11.4. The van der Waals surface area contributed by atoms with Gasteiger partial charge in [0.15, 0.2) is 5.82 Å². The van der Waals surface area contributed by atoms with E-state index in [4.69, 9.17) is 0 Å². The van der Waals surface area contributed by atoms with E-state index in [9.17, 15) is 18.3 Å². The number of phenolic OH excluding ortho intramolecular Hbond substituents is 1. The number of phenols is 1. The van der Waals surface area contributed by atoms with Crippen molar-refractivity contribution >= 4 is 27.4 Å². The van der Waals surface area contributed by atoms with Gasteiger partial charge in [-0.3, -0.25) is 4.79 Å². The molecule has 1 aromatic rings. The lowest BCUT2D eigenvalue weighted by molar-refractivity contribution is -0.117. The molecule has 0 unspecified atom stereocenters. The molecule has 0 saturated carbocycles. The van der Waals surface area contributed by atoms with E-state index in [1.165, 1.54) is 12.1 Å². The largest absolute Gasteiger partial charge is 0.506 e. The molecule has 0 bridgehead atoms. The maximum atomic E-state index is 15.0. The molecule has 2 aliphatic rings. The van der Waals surface area contributed by atoms with Gasteiger partial charge in [0.2, 0.25) is 0 Å². The third kappa shape index (κ3) is 3.34. The summed E-state index contributed by atoms with van der Waals surface area (Å²) < 4.78 is 41.3. The number of carbonyl (C=O) groups excluding carboxylic acids is 1. The second-order valence-corrected chi connectivity index (χ2v) is 7.75. The van der Waals surface area contributed by atoms with Crippen LogP contribution in [0.5, 0.6) is 5.75 Å². The van der Waals surface area contributed by atoms with Crippen LogP contribution in [-0.2, 0) is 15.0 Å². The van der Waals surface area contributed by atoms with E-state index in [0.29, 0.717) is 16.4 Å². The molecule has 0 radical (unpaired) electrons. The molecule has 9 heteroatoms. The molecular weight excluding hydrogens is 349 g/mol. The van der Waals surface area contributed by atoms with Crippen molar-refractivity contribution in [3.05, 3.63) is 29.6 Å². The van der Waals surface area contributed by atoms with Crippen molar-refractivity contribution in [2.75, 3.05) is 17.4 Å². The molecule has 136 valence electrons. The first-order chi connectivity index (χ1) is 11.8. The highest BCUT2D eigenvalue weighted by molar-refractivity contribution is 7.92. The van der Waals surface area contributed by atoms with Crippen molar-refractivity contribution < 1.29 is 22.7 Å². The molecule has 0 spiro atoms. The van der Waals surface area contributed by atoms with Crippen molar-refractivity contribution in [2.45, 2.75) is 32.2 Å². The minimum absolute atomic E-state index is 0.144. The summed E-state index contributed by atoms with van der Waals surface area (Å²) in [6.45, 7) is 1.99. The van der Waals surface area contributed by atoms with Crippen molar-refractivity contribution in [1.82, 2.24) is 10.0 Å². The Morgan fingerprint density at radius 1 is 1.40 bits per heavy atom. The molecule has 25 heavy (non-hydrogen) atoms. The molecule has 2 aliphatic heterocycles. The zero-order valence-corrected chi connectivity index (χ0v) is 14.6. The molecular formula is C16H20FN3O4S. The number of nitrogens with one attached hydrogen (secondary N) is 2. The van der Waals surface area contributed by atoms with Gasteiger partial charge >= 0.3 is 10.2 Å². The molecule has 0 aromatic heterocycles. The van der Waals surface area contributed by atoms with Crippen molar-refractivity contribution in [2.24, 2.45) is 0 Å². The summed E-state index contributed by atoms with van der Waals surface area (Å²) in [7, 11) is -4.20. The fourth-order valence-electron chi connectivity index (χ4n) is 3.08. The minimum Gasteiger partial charge on any atom is -0.506 e. The van der Waals surface area contributed by atoms with Crippen LogP contribution in [0.15, 0.2) is 18.2 Å². The van der Waals surface area contributed by atoms with E-state index in [1.54, 1.807) is 4.72 Å². The Hall–Kier alpha value is -2.13. The number of hydrogen-bond donors (Lipinski definition) is 3. The third-order valence-corrected chi connectivity index (χ3v) is 5.71. The Morgan fingerprint density at radius 3 is 2.80 bits per heavy atom. The SMILES string of the molecule is CCCC[C@H]1C=C(c2ccc(O)c(N3CC(=O)NS3(=O)=O)c2F)CN1. The van der Waals surface area contributed by atoms with E-state index in [-0.39, 0.29) is 11.6 Å². The van der Waals surface area contributed by atoms with E-state index < -0.39 is 39.9 Å². The molecule has 3 rings (SSSR count). The zero-order chi connectivity index (χ0) is 18.2. The molecule has 1 atom stereocenters. The van der Waals surface area contributed by atoms with Crippen LogP contribution in [-0.4, -0.2) is 38.6 Å². The highest BCUT2D eigenvalue weighted by Crippen LogP contribution is 2.37. The molecule has 1 aromatic carbocycles. The van der Waals surface area contributed by atoms with E-state index in [1.807, 2.05) is 6.08 Å². The van der Waals surface area contributed by atoms with Crippen LogP contribution in [0.3, 0.4) is 0 Å². The Labute approximate surface area is 145 Å². The number of aromatic hydroxyl groups is 1. The van der Waals surface area contributed by atoms with Gasteiger partial charge in [-0.1, -0.05) is 25.8 Å². The summed E-state index contributed by atoms with van der Waals surface area (Å²) >= 11 is 0. The van der Waals surface area contributed by atoms with Crippen molar-refractivity contribution in [1.29, 1.82) is 0 Å².